The molecule has 1 saturated carbocycles. The topological polar surface area (TPSA) is 0 Å². The second-order valence-corrected chi connectivity index (χ2v) is 8.27. The van der Waals surface area contributed by atoms with Gasteiger partial charge in [-0.05, 0) is 54.4 Å². The molecule has 0 bridgehead atoms. The summed E-state index contributed by atoms with van der Waals surface area (Å²) in [5.41, 5.74) is 2.52. The standard InChI is InChI=1S/C18H29P/c1-14(2)17-10-9-15(3)13-18(17)19-12-11-16-7-5-4-6-8-16/h4-8,14-15,17-19H,9-13H2,1-3H3. The highest BCUT2D eigenvalue weighted by Gasteiger charge is 2.29. The molecule has 0 saturated heterocycles. The van der Waals surface area contributed by atoms with Gasteiger partial charge in [-0.1, -0.05) is 57.5 Å². The Morgan fingerprint density at radius 1 is 1.16 bits per heavy atom. The Balaban J connectivity index is 1.82. The maximum atomic E-state index is 2.45. The minimum absolute atomic E-state index is 0.877. The molecule has 0 N–H and O–H groups in total. The highest BCUT2D eigenvalue weighted by Crippen LogP contribution is 2.43. The zero-order valence-electron chi connectivity index (χ0n) is 12.7. The Kier molecular flexibility index (Phi) is 5.89. The number of hydrogen-bond acceptors (Lipinski definition) is 0. The second kappa shape index (κ2) is 7.44. The molecule has 0 spiro atoms. The molecular formula is C18H29P. The molecule has 0 amide bonds. The van der Waals surface area contributed by atoms with Crippen molar-refractivity contribution in [2.24, 2.45) is 17.8 Å². The molecule has 4 atom stereocenters. The molecule has 1 aromatic carbocycles. The average Bonchev–Trinajstić information content (AvgIpc) is 2.39. The Bertz CT molecular complexity index is 357. The molecule has 1 aliphatic carbocycles. The summed E-state index contributed by atoms with van der Waals surface area (Å²) in [4.78, 5) is 0. The molecule has 0 radical (unpaired) electrons. The van der Waals surface area contributed by atoms with Crippen molar-refractivity contribution in [3.05, 3.63) is 35.9 Å². The number of benzene rings is 1. The summed E-state index contributed by atoms with van der Waals surface area (Å²) in [6.45, 7) is 7.30. The number of aryl methyl sites for hydroxylation is 1. The van der Waals surface area contributed by atoms with E-state index >= 15 is 0 Å². The van der Waals surface area contributed by atoms with Gasteiger partial charge in [0.25, 0.3) is 0 Å². The third-order valence-electron chi connectivity index (χ3n) is 4.69. The monoisotopic (exact) mass is 276 g/mol. The first-order chi connectivity index (χ1) is 9.16. The van der Waals surface area contributed by atoms with Gasteiger partial charge in [0.15, 0.2) is 0 Å². The highest BCUT2D eigenvalue weighted by molar-refractivity contribution is 7.38. The van der Waals surface area contributed by atoms with Crippen molar-refractivity contribution < 1.29 is 0 Å². The lowest BCUT2D eigenvalue weighted by atomic mass is 9.77. The van der Waals surface area contributed by atoms with Crippen molar-refractivity contribution in [3.63, 3.8) is 0 Å². The Labute approximate surface area is 121 Å². The Hall–Kier alpha value is -0.350. The molecule has 1 aromatic rings. The van der Waals surface area contributed by atoms with Gasteiger partial charge < -0.3 is 0 Å². The van der Waals surface area contributed by atoms with Crippen LogP contribution in [0.5, 0.6) is 0 Å². The SMILES string of the molecule is CC1CCC(C(C)C)C(PCCc2ccccc2)C1. The van der Waals surface area contributed by atoms with E-state index in [4.69, 9.17) is 0 Å². The van der Waals surface area contributed by atoms with Crippen LogP contribution in [0.2, 0.25) is 0 Å². The predicted octanol–water partition coefficient (Wildman–Crippen LogP) is 5.37. The van der Waals surface area contributed by atoms with Crippen molar-refractivity contribution in [3.8, 4) is 0 Å². The lowest BCUT2D eigenvalue weighted by Gasteiger charge is -2.37. The van der Waals surface area contributed by atoms with E-state index in [9.17, 15) is 0 Å². The zero-order valence-corrected chi connectivity index (χ0v) is 13.7. The van der Waals surface area contributed by atoms with Gasteiger partial charge in [0.1, 0.15) is 0 Å². The van der Waals surface area contributed by atoms with E-state index in [-0.39, 0.29) is 0 Å². The molecule has 0 nitrogen and oxygen atoms in total. The summed E-state index contributed by atoms with van der Waals surface area (Å²) in [5, 5.41) is 0. The van der Waals surface area contributed by atoms with Crippen LogP contribution in [0, 0.1) is 17.8 Å². The first-order valence-corrected chi connectivity index (χ1v) is 9.22. The van der Waals surface area contributed by atoms with Gasteiger partial charge in [-0.15, -0.1) is 8.58 Å². The highest BCUT2D eigenvalue weighted by atomic mass is 31.1. The molecule has 4 unspecified atom stereocenters. The largest absolute Gasteiger partial charge is 0.118 e. The maximum Gasteiger partial charge on any atom is -0.0203 e. The zero-order chi connectivity index (χ0) is 13.7. The fraction of sp³-hybridized carbons (Fsp3) is 0.667. The average molecular weight is 276 g/mol. The maximum absolute atomic E-state index is 2.45. The third kappa shape index (κ3) is 4.60. The first kappa shape index (κ1) is 15.0. The Morgan fingerprint density at radius 3 is 2.58 bits per heavy atom. The molecule has 0 heterocycles. The number of hydrogen-bond donors (Lipinski definition) is 0. The van der Waals surface area contributed by atoms with E-state index in [0.29, 0.717) is 0 Å². The molecule has 2 rings (SSSR count). The molecule has 1 heteroatoms. The minimum atomic E-state index is 0.877. The lowest BCUT2D eigenvalue weighted by molar-refractivity contribution is 0.242. The molecule has 0 aromatic heterocycles. The van der Waals surface area contributed by atoms with Crippen LogP contribution in [-0.4, -0.2) is 11.8 Å². The van der Waals surface area contributed by atoms with Crippen LogP contribution in [-0.2, 0) is 6.42 Å². The van der Waals surface area contributed by atoms with Crippen LogP contribution in [0.25, 0.3) is 0 Å². The summed E-state index contributed by atoms with van der Waals surface area (Å²) in [7, 11) is 1.17. The van der Waals surface area contributed by atoms with Gasteiger partial charge in [0.2, 0.25) is 0 Å². The second-order valence-electron chi connectivity index (χ2n) is 6.62. The summed E-state index contributed by atoms with van der Waals surface area (Å²) >= 11 is 0. The van der Waals surface area contributed by atoms with Gasteiger partial charge in [-0.25, -0.2) is 0 Å². The summed E-state index contributed by atoms with van der Waals surface area (Å²) in [5.74, 6) is 2.83. The minimum Gasteiger partial charge on any atom is -0.118 e. The quantitative estimate of drug-likeness (QED) is 0.634. The fourth-order valence-corrected chi connectivity index (χ4v) is 5.71. The van der Waals surface area contributed by atoms with Gasteiger partial charge in [-0.3, -0.25) is 0 Å². The normalized spacial score (nSPS) is 28.3. The van der Waals surface area contributed by atoms with E-state index in [0.717, 1.165) is 23.4 Å². The van der Waals surface area contributed by atoms with E-state index in [1.165, 1.54) is 46.0 Å². The van der Waals surface area contributed by atoms with E-state index in [2.05, 4.69) is 51.1 Å². The molecule has 1 aliphatic rings. The lowest BCUT2D eigenvalue weighted by Crippen LogP contribution is -2.29. The molecule has 0 aliphatic heterocycles. The summed E-state index contributed by atoms with van der Waals surface area (Å²) in [6.07, 6.45) is 7.08. The van der Waals surface area contributed by atoms with Crippen molar-refractivity contribution in [2.45, 2.75) is 52.1 Å². The fourth-order valence-electron chi connectivity index (χ4n) is 3.48. The van der Waals surface area contributed by atoms with Gasteiger partial charge >= 0.3 is 0 Å². The van der Waals surface area contributed by atoms with E-state index in [1.54, 1.807) is 0 Å². The smallest absolute Gasteiger partial charge is 0.0203 e. The summed E-state index contributed by atoms with van der Waals surface area (Å²) in [6, 6.07) is 11.0. The van der Waals surface area contributed by atoms with Crippen LogP contribution in [0.1, 0.15) is 45.6 Å². The van der Waals surface area contributed by atoms with E-state index in [1.807, 2.05) is 0 Å². The molecule has 19 heavy (non-hydrogen) atoms. The van der Waals surface area contributed by atoms with E-state index < -0.39 is 0 Å². The third-order valence-corrected chi connectivity index (χ3v) is 6.41. The van der Waals surface area contributed by atoms with Crippen LogP contribution in [0.3, 0.4) is 0 Å². The molecule has 1 fully saturated rings. The van der Waals surface area contributed by atoms with Crippen LogP contribution in [0.15, 0.2) is 30.3 Å². The van der Waals surface area contributed by atoms with Gasteiger partial charge in [-0.2, -0.15) is 0 Å². The van der Waals surface area contributed by atoms with Gasteiger partial charge in [0.05, 0.1) is 0 Å². The first-order valence-electron chi connectivity index (χ1n) is 7.94. The van der Waals surface area contributed by atoms with Crippen LogP contribution in [0.4, 0.5) is 0 Å². The van der Waals surface area contributed by atoms with Crippen molar-refractivity contribution in [1.82, 2.24) is 0 Å². The van der Waals surface area contributed by atoms with Crippen LogP contribution < -0.4 is 0 Å². The van der Waals surface area contributed by atoms with Crippen molar-refractivity contribution in [2.75, 3.05) is 6.16 Å². The Morgan fingerprint density at radius 2 is 1.89 bits per heavy atom. The number of rotatable bonds is 5. The van der Waals surface area contributed by atoms with Crippen LogP contribution >= 0.6 is 8.58 Å². The molecule has 106 valence electrons. The molecular weight excluding hydrogens is 247 g/mol. The van der Waals surface area contributed by atoms with Crippen molar-refractivity contribution in [1.29, 1.82) is 0 Å². The van der Waals surface area contributed by atoms with Gasteiger partial charge in [0, 0.05) is 0 Å². The predicted molar refractivity (Wildman–Crippen MR) is 88.5 cm³/mol. The van der Waals surface area contributed by atoms with Crippen molar-refractivity contribution >= 4 is 8.58 Å². The summed E-state index contributed by atoms with van der Waals surface area (Å²) < 4.78 is 0.